The maximum absolute atomic E-state index is 4.27. The Balaban J connectivity index is 1.75. The van der Waals surface area contributed by atoms with Crippen molar-refractivity contribution >= 4 is 5.57 Å². The summed E-state index contributed by atoms with van der Waals surface area (Å²) in [6.45, 7) is 8.49. The molecule has 0 aliphatic carbocycles. The van der Waals surface area contributed by atoms with Crippen LogP contribution in [0.1, 0.15) is 36.5 Å². The van der Waals surface area contributed by atoms with Crippen molar-refractivity contribution < 1.29 is 0 Å². The first-order chi connectivity index (χ1) is 12.7. The quantitative estimate of drug-likeness (QED) is 0.595. The molecule has 1 N–H and O–H groups in total. The van der Waals surface area contributed by atoms with E-state index in [2.05, 4.69) is 72.0 Å². The van der Waals surface area contributed by atoms with Crippen LogP contribution < -0.4 is 0 Å². The zero-order valence-corrected chi connectivity index (χ0v) is 15.7. The lowest BCUT2D eigenvalue weighted by Crippen LogP contribution is -2.19. The van der Waals surface area contributed by atoms with Crippen LogP contribution in [0.25, 0.3) is 16.8 Å². The highest BCUT2D eigenvalue weighted by Gasteiger charge is 2.10. The summed E-state index contributed by atoms with van der Waals surface area (Å²) < 4.78 is 0. The molecule has 0 aliphatic rings. The molecule has 2 aromatic carbocycles. The molecule has 0 saturated carbocycles. The number of unbranched alkanes of at least 4 members (excludes halogenated alkanes) is 1. The van der Waals surface area contributed by atoms with Crippen molar-refractivity contribution in [1.82, 2.24) is 15.1 Å². The van der Waals surface area contributed by atoms with Crippen molar-refractivity contribution in [2.45, 2.75) is 26.3 Å². The van der Waals surface area contributed by atoms with E-state index in [9.17, 15) is 0 Å². The van der Waals surface area contributed by atoms with Crippen molar-refractivity contribution in [3.63, 3.8) is 0 Å². The van der Waals surface area contributed by atoms with E-state index < -0.39 is 0 Å². The lowest BCUT2D eigenvalue weighted by atomic mass is 9.97. The molecule has 0 unspecified atom stereocenters. The summed E-state index contributed by atoms with van der Waals surface area (Å²) in [6, 6.07) is 18.9. The number of benzene rings is 2. The molecule has 3 rings (SSSR count). The minimum atomic E-state index is 0.907. The number of hydrogen-bond acceptors (Lipinski definition) is 2. The van der Waals surface area contributed by atoms with Gasteiger partial charge in [-0.05, 0) is 42.3 Å². The molecule has 1 aromatic heterocycles. The third-order valence-corrected chi connectivity index (χ3v) is 4.70. The van der Waals surface area contributed by atoms with Crippen LogP contribution in [-0.2, 0) is 6.54 Å². The summed E-state index contributed by atoms with van der Waals surface area (Å²) in [5, 5.41) is 7.43. The first-order valence-corrected chi connectivity index (χ1v) is 9.25. The first-order valence-electron chi connectivity index (χ1n) is 9.25. The summed E-state index contributed by atoms with van der Waals surface area (Å²) in [4.78, 5) is 2.35. The van der Waals surface area contributed by atoms with Crippen LogP contribution in [0.15, 0.2) is 67.4 Å². The molecule has 0 atom stereocenters. The Morgan fingerprint density at radius 1 is 1.04 bits per heavy atom. The predicted octanol–water partition coefficient (Wildman–Crippen LogP) is 5.37. The monoisotopic (exact) mass is 345 g/mol. The van der Waals surface area contributed by atoms with Gasteiger partial charge in [0.05, 0.1) is 11.9 Å². The lowest BCUT2D eigenvalue weighted by Gasteiger charge is -2.16. The molecule has 0 amide bonds. The molecule has 0 spiro atoms. The summed E-state index contributed by atoms with van der Waals surface area (Å²) in [5.41, 5.74) is 6.83. The molecular formula is C23H27N3. The third-order valence-electron chi connectivity index (χ3n) is 4.70. The Kier molecular flexibility index (Phi) is 6.03. The number of aromatic amines is 1. The van der Waals surface area contributed by atoms with Gasteiger partial charge in [-0.2, -0.15) is 5.10 Å². The van der Waals surface area contributed by atoms with Gasteiger partial charge in [-0.25, -0.2) is 0 Å². The van der Waals surface area contributed by atoms with Gasteiger partial charge in [0.1, 0.15) is 0 Å². The minimum absolute atomic E-state index is 0.907. The van der Waals surface area contributed by atoms with E-state index in [1.165, 1.54) is 18.4 Å². The van der Waals surface area contributed by atoms with Crippen molar-refractivity contribution in [2.75, 3.05) is 13.6 Å². The van der Waals surface area contributed by atoms with Gasteiger partial charge in [-0.1, -0.05) is 74.5 Å². The fraction of sp³-hybridized carbons (Fsp3) is 0.261. The summed E-state index contributed by atoms with van der Waals surface area (Å²) in [5.74, 6) is 0. The molecule has 3 aromatic rings. The van der Waals surface area contributed by atoms with Crippen LogP contribution in [0.3, 0.4) is 0 Å². The van der Waals surface area contributed by atoms with Crippen molar-refractivity contribution in [2.24, 2.45) is 0 Å². The SMILES string of the molecule is C=C(c1ccccc1)c1ccc(-c2[nH]ncc2CN(C)CCCC)cc1. The molecule has 0 fully saturated rings. The van der Waals surface area contributed by atoms with Crippen LogP contribution in [0, 0.1) is 0 Å². The van der Waals surface area contributed by atoms with E-state index in [0.29, 0.717) is 0 Å². The highest BCUT2D eigenvalue weighted by atomic mass is 15.1. The van der Waals surface area contributed by atoms with E-state index in [-0.39, 0.29) is 0 Å². The van der Waals surface area contributed by atoms with Crippen LogP contribution >= 0.6 is 0 Å². The molecule has 0 radical (unpaired) electrons. The highest BCUT2D eigenvalue weighted by Crippen LogP contribution is 2.26. The standard InChI is InChI=1S/C23H27N3/c1-4-5-15-26(3)17-22-16-24-25-23(22)21-13-11-20(12-14-21)18(2)19-9-7-6-8-10-19/h6-14,16H,2,4-5,15,17H2,1,3H3,(H,24,25). The highest BCUT2D eigenvalue weighted by molar-refractivity contribution is 5.79. The number of H-pyrrole nitrogens is 1. The van der Waals surface area contributed by atoms with Gasteiger partial charge in [0.2, 0.25) is 0 Å². The number of aromatic nitrogens is 2. The van der Waals surface area contributed by atoms with Gasteiger partial charge in [-0.3, -0.25) is 5.10 Å². The van der Waals surface area contributed by atoms with Crippen molar-refractivity contribution in [1.29, 1.82) is 0 Å². The van der Waals surface area contributed by atoms with E-state index in [0.717, 1.165) is 41.0 Å². The second kappa shape index (κ2) is 8.63. The smallest absolute Gasteiger partial charge is 0.0695 e. The molecule has 0 aliphatic heterocycles. The van der Waals surface area contributed by atoms with Gasteiger partial charge in [0.25, 0.3) is 0 Å². The van der Waals surface area contributed by atoms with E-state index in [1.54, 1.807) is 0 Å². The van der Waals surface area contributed by atoms with Gasteiger partial charge < -0.3 is 4.90 Å². The van der Waals surface area contributed by atoms with Crippen LogP contribution in [-0.4, -0.2) is 28.7 Å². The molecule has 3 nitrogen and oxygen atoms in total. The maximum Gasteiger partial charge on any atom is 0.0695 e. The zero-order chi connectivity index (χ0) is 18.4. The number of nitrogens with zero attached hydrogens (tertiary/aromatic N) is 2. The molecule has 26 heavy (non-hydrogen) atoms. The van der Waals surface area contributed by atoms with Gasteiger partial charge >= 0.3 is 0 Å². The van der Waals surface area contributed by atoms with Crippen molar-refractivity contribution in [3.05, 3.63) is 84.1 Å². The number of nitrogens with one attached hydrogen (secondary N) is 1. The van der Waals surface area contributed by atoms with E-state index >= 15 is 0 Å². The van der Waals surface area contributed by atoms with Crippen LogP contribution in [0.4, 0.5) is 0 Å². The van der Waals surface area contributed by atoms with Crippen molar-refractivity contribution in [3.8, 4) is 11.3 Å². The Labute approximate surface area is 156 Å². The maximum atomic E-state index is 4.27. The normalized spacial score (nSPS) is 11.0. The second-order valence-electron chi connectivity index (χ2n) is 6.78. The molecule has 1 heterocycles. The molecule has 0 bridgehead atoms. The largest absolute Gasteiger partial charge is 0.302 e. The topological polar surface area (TPSA) is 31.9 Å². The minimum Gasteiger partial charge on any atom is -0.302 e. The molecule has 134 valence electrons. The Morgan fingerprint density at radius 3 is 2.42 bits per heavy atom. The summed E-state index contributed by atoms with van der Waals surface area (Å²) >= 11 is 0. The zero-order valence-electron chi connectivity index (χ0n) is 15.7. The van der Waals surface area contributed by atoms with Crippen LogP contribution in [0.5, 0.6) is 0 Å². The number of rotatable bonds is 8. The fourth-order valence-electron chi connectivity index (χ4n) is 3.12. The Hall–Kier alpha value is -2.65. The van der Waals surface area contributed by atoms with E-state index in [1.807, 2.05) is 24.4 Å². The van der Waals surface area contributed by atoms with Gasteiger partial charge in [0, 0.05) is 12.1 Å². The lowest BCUT2D eigenvalue weighted by molar-refractivity contribution is 0.321. The Morgan fingerprint density at radius 2 is 1.73 bits per heavy atom. The van der Waals surface area contributed by atoms with E-state index in [4.69, 9.17) is 0 Å². The van der Waals surface area contributed by atoms with Crippen LogP contribution in [0.2, 0.25) is 0 Å². The second-order valence-corrected chi connectivity index (χ2v) is 6.78. The molecule has 3 heteroatoms. The number of hydrogen-bond donors (Lipinski definition) is 1. The fourth-order valence-corrected chi connectivity index (χ4v) is 3.12. The summed E-state index contributed by atoms with van der Waals surface area (Å²) in [6.07, 6.45) is 4.38. The predicted molar refractivity (Wildman–Crippen MR) is 110 cm³/mol. The first kappa shape index (κ1) is 18.2. The molecule has 0 saturated heterocycles. The van der Waals surface area contributed by atoms with Gasteiger partial charge in [-0.15, -0.1) is 0 Å². The Bertz CT molecular complexity index is 831. The van der Waals surface area contributed by atoms with Gasteiger partial charge in [0.15, 0.2) is 0 Å². The average Bonchev–Trinajstić information content (AvgIpc) is 3.14. The average molecular weight is 345 g/mol. The third kappa shape index (κ3) is 4.30. The molecular weight excluding hydrogens is 318 g/mol. The summed E-state index contributed by atoms with van der Waals surface area (Å²) in [7, 11) is 2.17.